The van der Waals surface area contributed by atoms with Crippen LogP contribution in [-0.4, -0.2) is 11.1 Å². The van der Waals surface area contributed by atoms with Crippen molar-refractivity contribution in [3.63, 3.8) is 0 Å². The molecule has 0 heterocycles. The van der Waals surface area contributed by atoms with Gasteiger partial charge in [0.2, 0.25) is 0 Å². The van der Waals surface area contributed by atoms with Crippen molar-refractivity contribution in [2.75, 3.05) is 0 Å². The van der Waals surface area contributed by atoms with Crippen molar-refractivity contribution in [3.8, 4) is 0 Å². The first-order valence-corrected chi connectivity index (χ1v) is 5.54. The predicted octanol–water partition coefficient (Wildman–Crippen LogP) is 3.13. The Morgan fingerprint density at radius 1 is 1.31 bits per heavy atom. The minimum absolute atomic E-state index is 0.259. The minimum Gasteiger partial charge on any atom is -0.478 e. The molecule has 1 aromatic carbocycles. The lowest BCUT2D eigenvalue weighted by molar-refractivity contribution is -0.133. The van der Waals surface area contributed by atoms with Gasteiger partial charge in [0.15, 0.2) is 0 Å². The average Bonchev–Trinajstić information content (AvgIpc) is 2.36. The van der Waals surface area contributed by atoms with Crippen LogP contribution in [0.4, 0.5) is 0 Å². The number of fused-ring (bicyclic) bond motifs is 1. The molecule has 0 spiro atoms. The van der Waals surface area contributed by atoms with Gasteiger partial charge in [-0.25, -0.2) is 4.79 Å². The van der Waals surface area contributed by atoms with Crippen LogP contribution >= 0.6 is 0 Å². The van der Waals surface area contributed by atoms with E-state index < -0.39 is 5.97 Å². The van der Waals surface area contributed by atoms with Crippen LogP contribution in [0.25, 0.3) is 6.08 Å². The zero-order valence-electron chi connectivity index (χ0n) is 9.66. The summed E-state index contributed by atoms with van der Waals surface area (Å²) in [6.07, 6.45) is 3.64. The standard InChI is InChI=1S/C14H16O2/c1-14(2)8-7-10-5-3-4-6-11(10)9-12(14)13(15)16/h3-6,9H,7-8H2,1-2H3,(H,15,16). The maximum Gasteiger partial charge on any atom is 0.332 e. The lowest BCUT2D eigenvalue weighted by atomic mass is 9.80. The fourth-order valence-electron chi connectivity index (χ4n) is 2.19. The van der Waals surface area contributed by atoms with E-state index in [0.717, 1.165) is 18.4 Å². The molecular formula is C14H16O2. The molecule has 0 aliphatic heterocycles. The second kappa shape index (κ2) is 3.78. The van der Waals surface area contributed by atoms with Crippen LogP contribution in [0.5, 0.6) is 0 Å². The van der Waals surface area contributed by atoms with E-state index in [-0.39, 0.29) is 5.41 Å². The summed E-state index contributed by atoms with van der Waals surface area (Å²) in [4.78, 5) is 11.3. The molecule has 1 N–H and O–H groups in total. The summed E-state index contributed by atoms with van der Waals surface area (Å²) < 4.78 is 0. The summed E-state index contributed by atoms with van der Waals surface area (Å²) in [5.41, 5.74) is 2.54. The third-order valence-corrected chi connectivity index (χ3v) is 3.33. The molecule has 1 aliphatic carbocycles. The number of carboxylic acid groups (broad SMARTS) is 1. The molecule has 2 rings (SSSR count). The van der Waals surface area contributed by atoms with Gasteiger partial charge in [-0.05, 0) is 35.5 Å². The predicted molar refractivity (Wildman–Crippen MR) is 64.2 cm³/mol. The molecule has 0 unspecified atom stereocenters. The summed E-state index contributed by atoms with van der Waals surface area (Å²) in [6.45, 7) is 4.00. The van der Waals surface area contributed by atoms with Gasteiger partial charge in [0.25, 0.3) is 0 Å². The molecule has 2 nitrogen and oxygen atoms in total. The van der Waals surface area contributed by atoms with Gasteiger partial charge in [-0.2, -0.15) is 0 Å². The van der Waals surface area contributed by atoms with E-state index in [4.69, 9.17) is 0 Å². The van der Waals surface area contributed by atoms with Gasteiger partial charge in [-0.15, -0.1) is 0 Å². The highest BCUT2D eigenvalue weighted by Crippen LogP contribution is 2.37. The number of carbonyl (C=O) groups is 1. The molecule has 0 saturated heterocycles. The van der Waals surface area contributed by atoms with Crippen LogP contribution < -0.4 is 0 Å². The molecule has 0 atom stereocenters. The van der Waals surface area contributed by atoms with Gasteiger partial charge in [0, 0.05) is 5.57 Å². The van der Waals surface area contributed by atoms with Gasteiger partial charge in [-0.3, -0.25) is 0 Å². The van der Waals surface area contributed by atoms with Crippen molar-refractivity contribution in [2.45, 2.75) is 26.7 Å². The third kappa shape index (κ3) is 1.87. The summed E-state index contributed by atoms with van der Waals surface area (Å²) in [5.74, 6) is -0.804. The topological polar surface area (TPSA) is 37.3 Å². The molecule has 0 amide bonds. The van der Waals surface area contributed by atoms with Gasteiger partial charge in [0.05, 0.1) is 0 Å². The third-order valence-electron chi connectivity index (χ3n) is 3.33. The van der Waals surface area contributed by atoms with E-state index in [9.17, 15) is 9.90 Å². The van der Waals surface area contributed by atoms with Crippen LogP contribution in [0.1, 0.15) is 31.4 Å². The van der Waals surface area contributed by atoms with Gasteiger partial charge in [0.1, 0.15) is 0 Å². The Morgan fingerprint density at radius 2 is 2.00 bits per heavy atom. The minimum atomic E-state index is -0.804. The molecule has 1 aromatic rings. The second-order valence-corrected chi connectivity index (χ2v) is 4.95. The van der Waals surface area contributed by atoms with Crippen LogP contribution in [0.15, 0.2) is 29.8 Å². The van der Waals surface area contributed by atoms with Crippen LogP contribution in [0.3, 0.4) is 0 Å². The Labute approximate surface area is 95.6 Å². The van der Waals surface area contributed by atoms with Crippen molar-refractivity contribution < 1.29 is 9.90 Å². The van der Waals surface area contributed by atoms with E-state index in [2.05, 4.69) is 6.07 Å². The average molecular weight is 216 g/mol. The molecule has 2 heteroatoms. The Hall–Kier alpha value is -1.57. The molecular weight excluding hydrogens is 200 g/mol. The maximum atomic E-state index is 11.3. The van der Waals surface area contributed by atoms with Crippen molar-refractivity contribution >= 4 is 12.0 Å². The quantitative estimate of drug-likeness (QED) is 0.783. The lowest BCUT2D eigenvalue weighted by Gasteiger charge is -2.23. The van der Waals surface area contributed by atoms with Crippen molar-refractivity contribution in [1.29, 1.82) is 0 Å². The monoisotopic (exact) mass is 216 g/mol. The van der Waals surface area contributed by atoms with Crippen LogP contribution in [0, 0.1) is 5.41 Å². The van der Waals surface area contributed by atoms with Crippen molar-refractivity contribution in [1.82, 2.24) is 0 Å². The molecule has 1 aliphatic rings. The molecule has 16 heavy (non-hydrogen) atoms. The first-order chi connectivity index (χ1) is 7.50. The summed E-state index contributed by atoms with van der Waals surface area (Å²) in [7, 11) is 0. The normalized spacial score (nSPS) is 18.2. The highest BCUT2D eigenvalue weighted by molar-refractivity contribution is 5.94. The molecule has 0 saturated carbocycles. The maximum absolute atomic E-state index is 11.3. The summed E-state index contributed by atoms with van der Waals surface area (Å²) >= 11 is 0. The molecule has 0 radical (unpaired) electrons. The zero-order chi connectivity index (χ0) is 11.8. The Kier molecular flexibility index (Phi) is 2.58. The van der Waals surface area contributed by atoms with E-state index in [1.807, 2.05) is 38.1 Å². The number of hydrogen-bond donors (Lipinski definition) is 1. The highest BCUT2D eigenvalue weighted by Gasteiger charge is 2.30. The highest BCUT2D eigenvalue weighted by atomic mass is 16.4. The fourth-order valence-corrected chi connectivity index (χ4v) is 2.19. The zero-order valence-corrected chi connectivity index (χ0v) is 9.66. The van der Waals surface area contributed by atoms with Gasteiger partial charge in [-0.1, -0.05) is 38.1 Å². The van der Waals surface area contributed by atoms with Crippen LogP contribution in [-0.2, 0) is 11.2 Å². The van der Waals surface area contributed by atoms with E-state index in [1.165, 1.54) is 5.56 Å². The Morgan fingerprint density at radius 3 is 2.69 bits per heavy atom. The van der Waals surface area contributed by atoms with E-state index in [1.54, 1.807) is 0 Å². The Bertz CT molecular complexity index is 456. The largest absolute Gasteiger partial charge is 0.478 e. The van der Waals surface area contributed by atoms with Gasteiger partial charge < -0.3 is 5.11 Å². The SMILES string of the molecule is CC1(C)CCc2ccccc2C=C1C(=O)O. The van der Waals surface area contributed by atoms with Gasteiger partial charge >= 0.3 is 5.97 Å². The molecule has 0 aromatic heterocycles. The lowest BCUT2D eigenvalue weighted by Crippen LogP contribution is -2.20. The fraction of sp³-hybridized carbons (Fsp3) is 0.357. The smallest absolute Gasteiger partial charge is 0.332 e. The summed E-state index contributed by atoms with van der Waals surface area (Å²) in [6, 6.07) is 8.02. The van der Waals surface area contributed by atoms with Crippen molar-refractivity contribution in [2.24, 2.45) is 5.41 Å². The van der Waals surface area contributed by atoms with E-state index in [0.29, 0.717) is 5.57 Å². The number of aliphatic carboxylic acids is 1. The Balaban J connectivity index is 2.55. The first-order valence-electron chi connectivity index (χ1n) is 5.54. The molecule has 84 valence electrons. The first kappa shape index (κ1) is 10.9. The van der Waals surface area contributed by atoms with Crippen LogP contribution in [0.2, 0.25) is 0 Å². The summed E-state index contributed by atoms with van der Waals surface area (Å²) in [5, 5.41) is 9.26. The number of aryl methyl sites for hydroxylation is 1. The van der Waals surface area contributed by atoms with E-state index >= 15 is 0 Å². The number of hydrogen-bond acceptors (Lipinski definition) is 1. The number of carboxylic acids is 1. The molecule has 0 bridgehead atoms. The number of benzene rings is 1. The molecule has 0 fully saturated rings. The van der Waals surface area contributed by atoms with Crippen molar-refractivity contribution in [3.05, 3.63) is 41.0 Å². The second-order valence-electron chi connectivity index (χ2n) is 4.95. The number of rotatable bonds is 1.